The Balaban J connectivity index is 2.00. The Morgan fingerprint density at radius 2 is 2.15 bits per heavy atom. The molecule has 2 heterocycles. The summed E-state index contributed by atoms with van der Waals surface area (Å²) in [4.78, 5) is 4.97. The Kier molecular flexibility index (Phi) is 4.92. The normalized spacial score (nSPS) is 11.9. The van der Waals surface area contributed by atoms with Crippen molar-refractivity contribution in [2.24, 2.45) is 0 Å². The molecule has 5 nitrogen and oxygen atoms in total. The number of nitrogens with one attached hydrogen (secondary N) is 1. The number of nitrogens with zero attached hydrogens (tertiary/aromatic N) is 1. The Bertz CT molecular complexity index is 689. The maximum Gasteiger partial charge on any atom is 0.250 e. The van der Waals surface area contributed by atoms with Crippen LogP contribution in [0.1, 0.15) is 21.1 Å². The highest BCUT2D eigenvalue weighted by Crippen LogP contribution is 2.25. The van der Waals surface area contributed by atoms with Crippen LogP contribution in [-0.4, -0.2) is 25.1 Å². The van der Waals surface area contributed by atoms with Crippen molar-refractivity contribution in [3.63, 3.8) is 0 Å². The van der Waals surface area contributed by atoms with Gasteiger partial charge in [-0.3, -0.25) is 0 Å². The van der Waals surface area contributed by atoms with Crippen LogP contribution in [0.25, 0.3) is 0 Å². The molecule has 0 saturated carbocycles. The zero-order valence-corrected chi connectivity index (χ0v) is 13.7. The minimum atomic E-state index is -3.50. The molecule has 0 aliphatic rings. The van der Waals surface area contributed by atoms with E-state index in [0.717, 1.165) is 27.6 Å². The van der Waals surface area contributed by atoms with Crippen LogP contribution >= 0.6 is 22.7 Å². The second kappa shape index (κ2) is 6.31. The fourth-order valence-corrected chi connectivity index (χ4v) is 4.96. The summed E-state index contributed by atoms with van der Waals surface area (Å²) < 4.78 is 27.0. The topological polar surface area (TPSA) is 79.3 Å². The van der Waals surface area contributed by atoms with Gasteiger partial charge in [-0.25, -0.2) is 18.1 Å². The van der Waals surface area contributed by atoms with Crippen LogP contribution in [0.15, 0.2) is 15.7 Å². The van der Waals surface area contributed by atoms with Crippen molar-refractivity contribution in [3.05, 3.63) is 32.6 Å². The number of hydrogen-bond donors (Lipinski definition) is 2. The number of thiophene rings is 1. The average Bonchev–Trinajstić information content (AvgIpc) is 2.95. The molecule has 110 valence electrons. The first-order valence-electron chi connectivity index (χ1n) is 6.03. The zero-order valence-electron chi connectivity index (χ0n) is 11.2. The molecule has 0 saturated heterocycles. The van der Waals surface area contributed by atoms with Gasteiger partial charge in [-0.05, 0) is 25.5 Å². The van der Waals surface area contributed by atoms with Crippen molar-refractivity contribution in [3.8, 4) is 0 Å². The molecule has 0 aliphatic heterocycles. The zero-order chi connectivity index (χ0) is 14.8. The number of aliphatic hydroxyl groups is 1. The van der Waals surface area contributed by atoms with Crippen LogP contribution in [0.2, 0.25) is 0 Å². The first-order valence-corrected chi connectivity index (χ1v) is 9.21. The van der Waals surface area contributed by atoms with E-state index in [2.05, 4.69) is 9.71 Å². The summed E-state index contributed by atoms with van der Waals surface area (Å²) in [5.74, 6) is 0. The molecule has 8 heteroatoms. The van der Waals surface area contributed by atoms with Gasteiger partial charge in [0.25, 0.3) is 0 Å². The lowest BCUT2D eigenvalue weighted by atomic mass is 10.3. The molecular formula is C12H16N2O3S3. The predicted octanol–water partition coefficient (Wildman–Crippen LogP) is 1.83. The monoisotopic (exact) mass is 332 g/mol. The Labute approximate surface area is 126 Å². The van der Waals surface area contributed by atoms with Gasteiger partial charge in [-0.15, -0.1) is 22.7 Å². The smallest absolute Gasteiger partial charge is 0.250 e. The second-order valence-corrected chi connectivity index (χ2v) is 8.43. The molecule has 0 aromatic carbocycles. The maximum absolute atomic E-state index is 12.1. The number of hydrogen-bond acceptors (Lipinski definition) is 6. The highest BCUT2D eigenvalue weighted by molar-refractivity contribution is 7.91. The summed E-state index contributed by atoms with van der Waals surface area (Å²) in [6.45, 7) is 3.89. The van der Waals surface area contributed by atoms with Crippen molar-refractivity contribution in [2.75, 3.05) is 6.54 Å². The molecular weight excluding hydrogens is 316 g/mol. The largest absolute Gasteiger partial charge is 0.391 e. The van der Waals surface area contributed by atoms with Crippen molar-refractivity contribution in [1.82, 2.24) is 9.71 Å². The first kappa shape index (κ1) is 15.6. The van der Waals surface area contributed by atoms with Crippen molar-refractivity contribution >= 4 is 32.7 Å². The minimum absolute atomic E-state index is 0.135. The van der Waals surface area contributed by atoms with Crippen molar-refractivity contribution in [2.45, 2.75) is 31.1 Å². The van der Waals surface area contributed by atoms with Gasteiger partial charge < -0.3 is 5.11 Å². The number of thiazole rings is 1. The average molecular weight is 332 g/mol. The molecule has 0 radical (unpaired) electrons. The SMILES string of the molecule is Cc1csc(CCNS(=O)(=O)c2cc(C)c(CO)s2)n1. The predicted molar refractivity (Wildman–Crippen MR) is 80.7 cm³/mol. The third kappa shape index (κ3) is 3.64. The van der Waals surface area contributed by atoms with Gasteiger partial charge in [-0.2, -0.15) is 0 Å². The molecule has 0 atom stereocenters. The number of aromatic nitrogens is 1. The van der Waals surface area contributed by atoms with E-state index < -0.39 is 10.0 Å². The summed E-state index contributed by atoms with van der Waals surface area (Å²) in [5.41, 5.74) is 1.75. The Hall–Kier alpha value is -0.800. The van der Waals surface area contributed by atoms with E-state index in [-0.39, 0.29) is 10.8 Å². The van der Waals surface area contributed by atoms with Crippen LogP contribution in [0.3, 0.4) is 0 Å². The third-order valence-electron chi connectivity index (χ3n) is 2.70. The highest BCUT2D eigenvalue weighted by atomic mass is 32.2. The summed E-state index contributed by atoms with van der Waals surface area (Å²) >= 11 is 2.63. The number of sulfonamides is 1. The van der Waals surface area contributed by atoms with Crippen LogP contribution in [-0.2, 0) is 23.1 Å². The van der Waals surface area contributed by atoms with Gasteiger partial charge in [0, 0.05) is 28.9 Å². The quantitative estimate of drug-likeness (QED) is 0.846. The number of aliphatic hydroxyl groups excluding tert-OH is 1. The van der Waals surface area contributed by atoms with Gasteiger partial charge in [0.1, 0.15) is 4.21 Å². The summed E-state index contributed by atoms with van der Waals surface area (Å²) in [6.07, 6.45) is 0.578. The minimum Gasteiger partial charge on any atom is -0.391 e. The molecule has 2 N–H and O–H groups in total. The first-order chi connectivity index (χ1) is 9.42. The van der Waals surface area contributed by atoms with Crippen LogP contribution < -0.4 is 4.72 Å². The van der Waals surface area contributed by atoms with Crippen molar-refractivity contribution < 1.29 is 13.5 Å². The molecule has 20 heavy (non-hydrogen) atoms. The molecule has 2 aromatic rings. The third-order valence-corrected chi connectivity index (χ3v) is 6.89. The second-order valence-electron chi connectivity index (χ2n) is 4.36. The van der Waals surface area contributed by atoms with Gasteiger partial charge in [0.05, 0.1) is 11.6 Å². The molecule has 0 bridgehead atoms. The van der Waals surface area contributed by atoms with Gasteiger partial charge in [0.15, 0.2) is 0 Å². The maximum atomic E-state index is 12.1. The lowest BCUT2D eigenvalue weighted by Crippen LogP contribution is -2.25. The summed E-state index contributed by atoms with van der Waals surface area (Å²) in [6, 6.07) is 1.59. The molecule has 2 aromatic heterocycles. The van der Waals surface area contributed by atoms with E-state index in [1.165, 1.54) is 11.3 Å². The Morgan fingerprint density at radius 3 is 2.70 bits per heavy atom. The van der Waals surface area contributed by atoms with E-state index in [1.807, 2.05) is 12.3 Å². The molecule has 0 fully saturated rings. The van der Waals surface area contributed by atoms with E-state index >= 15 is 0 Å². The fourth-order valence-electron chi connectivity index (χ4n) is 1.66. The summed E-state index contributed by atoms with van der Waals surface area (Å²) in [7, 11) is -3.50. The molecule has 0 unspecified atom stereocenters. The Morgan fingerprint density at radius 1 is 1.40 bits per heavy atom. The molecule has 0 aliphatic carbocycles. The van der Waals surface area contributed by atoms with Gasteiger partial charge in [0.2, 0.25) is 10.0 Å². The fraction of sp³-hybridized carbons (Fsp3) is 0.417. The lowest BCUT2D eigenvalue weighted by molar-refractivity contribution is 0.285. The van der Waals surface area contributed by atoms with E-state index in [0.29, 0.717) is 17.8 Å². The van der Waals surface area contributed by atoms with Crippen molar-refractivity contribution in [1.29, 1.82) is 0 Å². The summed E-state index contributed by atoms with van der Waals surface area (Å²) in [5, 5.41) is 12.0. The van der Waals surface area contributed by atoms with Crippen LogP contribution in [0.4, 0.5) is 0 Å². The van der Waals surface area contributed by atoms with E-state index in [4.69, 9.17) is 5.11 Å². The van der Waals surface area contributed by atoms with Crippen LogP contribution in [0, 0.1) is 13.8 Å². The molecule has 0 amide bonds. The van der Waals surface area contributed by atoms with E-state index in [1.54, 1.807) is 13.0 Å². The highest BCUT2D eigenvalue weighted by Gasteiger charge is 2.18. The number of aryl methyl sites for hydroxylation is 2. The van der Waals surface area contributed by atoms with Gasteiger partial charge in [-0.1, -0.05) is 0 Å². The molecule has 0 spiro atoms. The molecule has 2 rings (SSSR count). The van der Waals surface area contributed by atoms with Crippen LogP contribution in [0.5, 0.6) is 0 Å². The van der Waals surface area contributed by atoms with Gasteiger partial charge >= 0.3 is 0 Å². The standard InChI is InChI=1S/C12H16N2O3S3/c1-8-5-12(19-10(8)6-15)20(16,17)13-4-3-11-14-9(2)7-18-11/h5,7,13,15H,3-4,6H2,1-2H3. The lowest BCUT2D eigenvalue weighted by Gasteiger charge is -2.03. The van der Waals surface area contributed by atoms with E-state index in [9.17, 15) is 8.42 Å². The number of rotatable bonds is 6.